The van der Waals surface area contributed by atoms with E-state index in [-0.39, 0.29) is 22.5 Å². The Hall–Kier alpha value is -0.640. The molecule has 2 heterocycles. The van der Waals surface area contributed by atoms with Gasteiger partial charge < -0.3 is 5.11 Å². The van der Waals surface area contributed by atoms with Crippen LogP contribution in [0.4, 0.5) is 0 Å². The van der Waals surface area contributed by atoms with Gasteiger partial charge in [-0.3, -0.25) is 0 Å². The minimum absolute atomic E-state index is 0.0653. The largest absolute Gasteiger partial charge is 0.393 e. The summed E-state index contributed by atoms with van der Waals surface area (Å²) >= 11 is 0. The van der Waals surface area contributed by atoms with E-state index in [2.05, 4.69) is 65.8 Å². The van der Waals surface area contributed by atoms with Crippen molar-refractivity contribution < 1.29 is 14.9 Å². The van der Waals surface area contributed by atoms with Crippen LogP contribution in [-0.2, 0) is 9.78 Å². The highest BCUT2D eigenvalue weighted by atomic mass is 17.2. The minimum Gasteiger partial charge on any atom is -0.393 e. The van der Waals surface area contributed by atoms with E-state index in [4.69, 9.17) is 9.78 Å². The van der Waals surface area contributed by atoms with Crippen molar-refractivity contribution in [2.75, 3.05) is 0 Å². The second-order valence-electron chi connectivity index (χ2n) is 13.0. The average molecular weight is 443 g/mol. The SMILES string of the molecule is CC[C@@H](/C=C/[C@@H](C)[C@H]1CCC2[C@@]34C=C[C@]5(C[C@@H](O)CC[C@]5(C)C3CC[C@@]21C)OO4)C(C)C. The summed E-state index contributed by atoms with van der Waals surface area (Å²) in [6.45, 7) is 14.4. The molecule has 0 aromatic rings. The Morgan fingerprint density at radius 1 is 0.969 bits per heavy atom. The maximum Gasteiger partial charge on any atom is 0.130 e. The molecule has 2 bridgehead atoms. The highest BCUT2D eigenvalue weighted by molar-refractivity contribution is 5.33. The number of hydrogen-bond donors (Lipinski definition) is 1. The van der Waals surface area contributed by atoms with Crippen LogP contribution in [0.5, 0.6) is 0 Å². The second kappa shape index (κ2) is 7.68. The first-order valence-electron chi connectivity index (χ1n) is 13.6. The van der Waals surface area contributed by atoms with Crippen LogP contribution in [0, 0.1) is 46.3 Å². The standard InChI is InChI=1S/C29H46O3/c1-7-21(19(2)3)9-8-20(4)23-10-11-24-26(23,5)14-13-25-27(6)15-12-22(30)18-28(27)16-17-29(24,25)32-31-28/h8-9,16-17,19-25,30H,7,10-15,18H2,1-6H3/b9-8+/t20-,21+,22+,23-,24?,25?,26-,27-,28-,29+/m1/s1. The molecule has 0 radical (unpaired) electrons. The van der Waals surface area contributed by atoms with Gasteiger partial charge in [-0.15, -0.1) is 0 Å². The van der Waals surface area contributed by atoms with Crippen molar-refractivity contribution in [3.8, 4) is 0 Å². The zero-order valence-electron chi connectivity index (χ0n) is 21.3. The molecule has 1 N–H and O–H groups in total. The van der Waals surface area contributed by atoms with E-state index in [9.17, 15) is 5.11 Å². The van der Waals surface area contributed by atoms with Gasteiger partial charge in [-0.2, -0.15) is 0 Å². The van der Waals surface area contributed by atoms with Crippen molar-refractivity contribution in [1.82, 2.24) is 0 Å². The van der Waals surface area contributed by atoms with Gasteiger partial charge in [-0.05, 0) is 80.1 Å². The topological polar surface area (TPSA) is 38.7 Å². The summed E-state index contributed by atoms with van der Waals surface area (Å²) in [5.74, 6) is 3.70. The van der Waals surface area contributed by atoms with Crippen LogP contribution in [0.1, 0.15) is 92.9 Å². The Bertz CT molecular complexity index is 787. The Labute approximate surface area is 195 Å². The summed E-state index contributed by atoms with van der Waals surface area (Å²) in [6.07, 6.45) is 18.3. The van der Waals surface area contributed by atoms with Gasteiger partial charge in [0.25, 0.3) is 0 Å². The van der Waals surface area contributed by atoms with Crippen LogP contribution in [0.3, 0.4) is 0 Å². The van der Waals surface area contributed by atoms with Crippen molar-refractivity contribution in [3.05, 3.63) is 24.3 Å². The van der Waals surface area contributed by atoms with Gasteiger partial charge in [0.1, 0.15) is 11.2 Å². The lowest BCUT2D eigenvalue weighted by Gasteiger charge is -2.69. The van der Waals surface area contributed by atoms with Crippen molar-refractivity contribution >= 4 is 0 Å². The van der Waals surface area contributed by atoms with Gasteiger partial charge >= 0.3 is 0 Å². The van der Waals surface area contributed by atoms with Crippen LogP contribution < -0.4 is 0 Å². The molecule has 2 aliphatic heterocycles. The van der Waals surface area contributed by atoms with Crippen LogP contribution in [0.15, 0.2) is 24.3 Å². The van der Waals surface area contributed by atoms with Gasteiger partial charge in [0.15, 0.2) is 0 Å². The zero-order valence-corrected chi connectivity index (χ0v) is 21.3. The highest BCUT2D eigenvalue weighted by Gasteiger charge is 2.74. The van der Waals surface area contributed by atoms with Gasteiger partial charge in [-0.25, -0.2) is 9.78 Å². The van der Waals surface area contributed by atoms with E-state index in [0.29, 0.717) is 41.9 Å². The molecular weight excluding hydrogens is 396 g/mol. The number of allylic oxidation sites excluding steroid dienone is 2. The molecule has 3 saturated carbocycles. The summed E-state index contributed by atoms with van der Waals surface area (Å²) in [5, 5.41) is 10.4. The smallest absolute Gasteiger partial charge is 0.130 e. The van der Waals surface area contributed by atoms with Gasteiger partial charge in [0.2, 0.25) is 0 Å². The number of fused-ring (bicyclic) bond motifs is 2. The predicted octanol–water partition coefficient (Wildman–Crippen LogP) is 6.86. The molecule has 0 amide bonds. The Kier molecular flexibility index (Phi) is 5.55. The molecule has 4 fully saturated rings. The number of aliphatic hydroxyl groups excluding tert-OH is 1. The van der Waals surface area contributed by atoms with E-state index < -0.39 is 5.60 Å². The molecule has 0 aromatic carbocycles. The molecule has 32 heavy (non-hydrogen) atoms. The summed E-state index contributed by atoms with van der Waals surface area (Å²) < 4.78 is 0. The lowest BCUT2D eigenvalue weighted by molar-refractivity contribution is -0.497. The van der Waals surface area contributed by atoms with E-state index in [1.54, 1.807) is 0 Å². The molecule has 2 unspecified atom stereocenters. The molecule has 2 spiro atoms. The third-order valence-electron chi connectivity index (χ3n) is 11.3. The first-order valence-corrected chi connectivity index (χ1v) is 13.6. The molecule has 6 aliphatic rings. The molecule has 1 saturated heterocycles. The van der Waals surface area contributed by atoms with Crippen LogP contribution in [0.25, 0.3) is 0 Å². The number of rotatable bonds is 5. The van der Waals surface area contributed by atoms with Crippen LogP contribution in [0.2, 0.25) is 0 Å². The lowest BCUT2D eigenvalue weighted by Crippen LogP contribution is -2.73. The quantitative estimate of drug-likeness (QED) is 0.373. The number of hydrogen-bond acceptors (Lipinski definition) is 3. The van der Waals surface area contributed by atoms with E-state index in [1.165, 1.54) is 32.1 Å². The molecule has 6 rings (SSSR count). The van der Waals surface area contributed by atoms with E-state index in [0.717, 1.165) is 12.8 Å². The first kappa shape index (κ1) is 23.1. The maximum absolute atomic E-state index is 10.4. The van der Waals surface area contributed by atoms with Crippen LogP contribution in [-0.4, -0.2) is 22.4 Å². The Morgan fingerprint density at radius 3 is 2.41 bits per heavy atom. The first-order chi connectivity index (χ1) is 15.1. The van der Waals surface area contributed by atoms with Crippen molar-refractivity contribution in [1.29, 1.82) is 0 Å². The molecular formula is C29H46O3. The molecule has 4 aliphatic carbocycles. The van der Waals surface area contributed by atoms with E-state index >= 15 is 0 Å². The Balaban J connectivity index is 1.44. The fraction of sp³-hybridized carbons (Fsp3) is 0.862. The molecule has 0 aromatic heterocycles. The predicted molar refractivity (Wildman–Crippen MR) is 129 cm³/mol. The third-order valence-corrected chi connectivity index (χ3v) is 11.3. The summed E-state index contributed by atoms with van der Waals surface area (Å²) in [6, 6.07) is 0. The molecule has 3 nitrogen and oxygen atoms in total. The normalized spacial score (nSPS) is 51.5. The summed E-state index contributed by atoms with van der Waals surface area (Å²) in [7, 11) is 0. The van der Waals surface area contributed by atoms with Gasteiger partial charge in [0.05, 0.1) is 6.10 Å². The fourth-order valence-corrected chi connectivity index (χ4v) is 9.29. The molecule has 180 valence electrons. The van der Waals surface area contributed by atoms with Crippen molar-refractivity contribution in [3.63, 3.8) is 0 Å². The molecule has 3 heteroatoms. The van der Waals surface area contributed by atoms with Gasteiger partial charge in [0, 0.05) is 23.7 Å². The third kappa shape index (κ3) is 2.96. The van der Waals surface area contributed by atoms with Crippen molar-refractivity contribution in [2.45, 2.75) is 110 Å². The van der Waals surface area contributed by atoms with Crippen LogP contribution >= 0.6 is 0 Å². The fourth-order valence-electron chi connectivity index (χ4n) is 9.29. The van der Waals surface area contributed by atoms with Gasteiger partial charge in [-0.1, -0.05) is 59.8 Å². The van der Waals surface area contributed by atoms with Crippen molar-refractivity contribution in [2.24, 2.45) is 46.3 Å². The second-order valence-corrected chi connectivity index (χ2v) is 13.0. The Morgan fingerprint density at radius 2 is 1.75 bits per heavy atom. The zero-order chi connectivity index (χ0) is 22.9. The minimum atomic E-state index is -0.440. The highest BCUT2D eigenvalue weighted by Crippen LogP contribution is 2.72. The lowest BCUT2D eigenvalue weighted by atomic mass is 9.43. The summed E-state index contributed by atoms with van der Waals surface area (Å²) in [5.41, 5.74) is -0.371. The monoisotopic (exact) mass is 442 g/mol. The van der Waals surface area contributed by atoms with E-state index in [1.807, 2.05) is 0 Å². The maximum atomic E-state index is 10.4. The summed E-state index contributed by atoms with van der Waals surface area (Å²) in [4.78, 5) is 12.8. The average Bonchev–Trinajstić information content (AvgIpc) is 3.12. The number of aliphatic hydroxyl groups is 1. The molecule has 10 atom stereocenters.